The Bertz CT molecular complexity index is 1430. The van der Waals surface area contributed by atoms with E-state index >= 15 is 0 Å². The fourth-order valence-corrected chi connectivity index (χ4v) is 4.39. The highest BCUT2D eigenvalue weighted by molar-refractivity contribution is 7.99. The summed E-state index contributed by atoms with van der Waals surface area (Å²) in [5, 5.41) is 3.75. The van der Waals surface area contributed by atoms with Crippen molar-refractivity contribution in [2.45, 2.75) is 24.9 Å². The Kier molecular flexibility index (Phi) is 7.31. The van der Waals surface area contributed by atoms with Crippen LogP contribution in [-0.4, -0.2) is 34.3 Å². The van der Waals surface area contributed by atoms with Crippen LogP contribution in [0.2, 0.25) is 0 Å². The summed E-state index contributed by atoms with van der Waals surface area (Å²) in [7, 11) is 1.31. The normalized spacial score (nSPS) is 11.0. The van der Waals surface area contributed by atoms with Crippen molar-refractivity contribution in [1.82, 2.24) is 9.55 Å². The number of fused-ring (bicyclic) bond motifs is 1. The molecule has 0 aliphatic rings. The molecule has 0 saturated heterocycles. The van der Waals surface area contributed by atoms with E-state index in [1.165, 1.54) is 24.4 Å². The predicted molar refractivity (Wildman–Crippen MR) is 139 cm³/mol. The van der Waals surface area contributed by atoms with Crippen molar-refractivity contribution in [3.8, 4) is 5.69 Å². The highest BCUT2D eigenvalue weighted by Gasteiger charge is 2.15. The van der Waals surface area contributed by atoms with Crippen LogP contribution in [0.1, 0.15) is 35.7 Å². The fourth-order valence-electron chi connectivity index (χ4n) is 3.58. The Balaban J connectivity index is 1.59. The lowest BCUT2D eigenvalue weighted by atomic mass is 10.0. The first kappa shape index (κ1) is 24.2. The van der Waals surface area contributed by atoms with Crippen LogP contribution in [0.15, 0.2) is 82.7 Å². The maximum absolute atomic E-state index is 13.4. The Hall–Kier alpha value is -3.91. The molecule has 7 nitrogen and oxygen atoms in total. The lowest BCUT2D eigenvalue weighted by Gasteiger charge is -2.14. The molecule has 1 heterocycles. The molecule has 0 saturated carbocycles. The van der Waals surface area contributed by atoms with Crippen molar-refractivity contribution in [2.75, 3.05) is 18.2 Å². The summed E-state index contributed by atoms with van der Waals surface area (Å²) in [5.74, 6) is -0.284. The number of anilines is 1. The molecule has 3 aromatic carbocycles. The zero-order chi connectivity index (χ0) is 24.9. The van der Waals surface area contributed by atoms with Gasteiger partial charge in [0.1, 0.15) is 0 Å². The van der Waals surface area contributed by atoms with Gasteiger partial charge in [0.25, 0.3) is 5.56 Å². The molecule has 35 heavy (non-hydrogen) atoms. The Morgan fingerprint density at radius 1 is 1.00 bits per heavy atom. The molecule has 1 aromatic heterocycles. The number of nitrogens with one attached hydrogen (secondary N) is 1. The standard InChI is InChI=1S/C27H25N3O4S/c1-17(2)18-10-14-21(15-11-18)30-25(32)22-6-4-5-7-23(22)29-27(30)35-16-24(31)28-20-12-8-19(9-13-20)26(33)34-3/h4-15,17H,16H2,1-3H3,(H,28,31). The van der Waals surface area contributed by atoms with Gasteiger partial charge in [0.2, 0.25) is 5.91 Å². The quantitative estimate of drug-likeness (QED) is 0.223. The van der Waals surface area contributed by atoms with E-state index in [0.717, 1.165) is 0 Å². The third-order valence-electron chi connectivity index (χ3n) is 5.49. The maximum atomic E-state index is 13.4. The van der Waals surface area contributed by atoms with Crippen LogP contribution < -0.4 is 10.9 Å². The van der Waals surface area contributed by atoms with Crippen LogP contribution in [0.5, 0.6) is 0 Å². The molecule has 0 bridgehead atoms. The first-order chi connectivity index (χ1) is 16.9. The first-order valence-corrected chi connectivity index (χ1v) is 12.1. The molecule has 0 aliphatic carbocycles. The zero-order valence-corrected chi connectivity index (χ0v) is 20.5. The number of hydrogen-bond acceptors (Lipinski definition) is 6. The van der Waals surface area contributed by atoms with E-state index in [4.69, 9.17) is 0 Å². The highest BCUT2D eigenvalue weighted by Crippen LogP contribution is 2.23. The summed E-state index contributed by atoms with van der Waals surface area (Å²) in [6.45, 7) is 4.23. The second-order valence-corrected chi connectivity index (χ2v) is 9.15. The number of esters is 1. The largest absolute Gasteiger partial charge is 0.465 e. The lowest BCUT2D eigenvalue weighted by molar-refractivity contribution is -0.113. The van der Waals surface area contributed by atoms with Crippen molar-refractivity contribution in [3.05, 3.63) is 94.3 Å². The molecule has 8 heteroatoms. The first-order valence-electron chi connectivity index (χ1n) is 11.1. The van der Waals surface area contributed by atoms with Gasteiger partial charge in [-0.2, -0.15) is 0 Å². The predicted octanol–water partition coefficient (Wildman–Crippen LogP) is 5.03. The van der Waals surface area contributed by atoms with E-state index in [1.807, 2.05) is 36.4 Å². The summed E-state index contributed by atoms with van der Waals surface area (Å²) in [6, 6.07) is 21.4. The molecule has 4 rings (SSSR count). The summed E-state index contributed by atoms with van der Waals surface area (Å²) in [5.41, 5.74) is 3.20. The number of carbonyl (C=O) groups is 2. The molecule has 0 unspecified atom stereocenters. The minimum atomic E-state index is -0.444. The molecule has 178 valence electrons. The van der Waals surface area contributed by atoms with Gasteiger partial charge in [-0.1, -0.05) is 49.9 Å². The van der Waals surface area contributed by atoms with Gasteiger partial charge in [0.05, 0.1) is 35.0 Å². The number of thioether (sulfide) groups is 1. The van der Waals surface area contributed by atoms with E-state index in [-0.39, 0.29) is 17.2 Å². The number of amides is 1. The Morgan fingerprint density at radius 3 is 2.34 bits per heavy atom. The number of aromatic nitrogens is 2. The Labute approximate surface area is 207 Å². The van der Waals surface area contributed by atoms with Crippen molar-refractivity contribution < 1.29 is 14.3 Å². The van der Waals surface area contributed by atoms with Crippen molar-refractivity contribution in [2.24, 2.45) is 0 Å². The minimum Gasteiger partial charge on any atom is -0.465 e. The summed E-state index contributed by atoms with van der Waals surface area (Å²) in [6.07, 6.45) is 0. The number of benzene rings is 3. The van der Waals surface area contributed by atoms with Crippen molar-refractivity contribution in [3.63, 3.8) is 0 Å². The van der Waals surface area contributed by atoms with E-state index in [1.54, 1.807) is 41.0 Å². The van der Waals surface area contributed by atoms with Gasteiger partial charge < -0.3 is 10.1 Å². The second-order valence-electron chi connectivity index (χ2n) is 8.20. The molecule has 0 atom stereocenters. The SMILES string of the molecule is COC(=O)c1ccc(NC(=O)CSc2nc3ccccc3c(=O)n2-c2ccc(C(C)C)cc2)cc1. The van der Waals surface area contributed by atoms with Crippen molar-refractivity contribution in [1.29, 1.82) is 0 Å². The number of nitrogens with zero attached hydrogens (tertiary/aromatic N) is 2. The number of methoxy groups -OCH3 is 1. The highest BCUT2D eigenvalue weighted by atomic mass is 32.2. The van der Waals surface area contributed by atoms with Gasteiger partial charge >= 0.3 is 5.97 Å². The molecule has 0 spiro atoms. The average molecular weight is 488 g/mol. The second kappa shape index (κ2) is 10.6. The summed E-state index contributed by atoms with van der Waals surface area (Å²) in [4.78, 5) is 42.3. The lowest BCUT2D eigenvalue weighted by Crippen LogP contribution is -2.23. The molecular weight excluding hydrogens is 462 g/mol. The monoisotopic (exact) mass is 487 g/mol. The van der Waals surface area contributed by atoms with Crippen LogP contribution in [0.4, 0.5) is 5.69 Å². The minimum absolute atomic E-state index is 0.0492. The molecule has 1 amide bonds. The molecule has 0 fully saturated rings. The van der Waals surface area contributed by atoms with Crippen LogP contribution in [-0.2, 0) is 9.53 Å². The van der Waals surface area contributed by atoms with Gasteiger partial charge in [-0.05, 0) is 60.0 Å². The number of hydrogen-bond donors (Lipinski definition) is 1. The third-order valence-corrected chi connectivity index (χ3v) is 6.42. The molecular formula is C27H25N3O4S. The van der Waals surface area contributed by atoms with E-state index < -0.39 is 5.97 Å². The van der Waals surface area contributed by atoms with E-state index in [9.17, 15) is 14.4 Å². The number of para-hydroxylation sites is 1. The molecule has 0 aliphatic heterocycles. The molecule has 0 radical (unpaired) electrons. The van der Waals surface area contributed by atoms with E-state index in [2.05, 4.69) is 28.9 Å². The maximum Gasteiger partial charge on any atom is 0.337 e. The summed E-state index contributed by atoms with van der Waals surface area (Å²) >= 11 is 1.19. The Morgan fingerprint density at radius 2 is 1.69 bits per heavy atom. The fraction of sp³-hybridized carbons (Fsp3) is 0.185. The average Bonchev–Trinajstić information content (AvgIpc) is 2.87. The van der Waals surface area contributed by atoms with Gasteiger partial charge in [-0.15, -0.1) is 0 Å². The van der Waals surface area contributed by atoms with Crippen LogP contribution in [0.3, 0.4) is 0 Å². The topological polar surface area (TPSA) is 90.3 Å². The molecule has 1 N–H and O–H groups in total. The van der Waals surface area contributed by atoms with E-state index in [0.29, 0.717) is 38.9 Å². The van der Waals surface area contributed by atoms with Crippen LogP contribution >= 0.6 is 11.8 Å². The van der Waals surface area contributed by atoms with Gasteiger partial charge in [-0.25, -0.2) is 9.78 Å². The summed E-state index contributed by atoms with van der Waals surface area (Å²) < 4.78 is 6.24. The number of carbonyl (C=O) groups excluding carboxylic acids is 2. The van der Waals surface area contributed by atoms with Gasteiger partial charge in [0.15, 0.2) is 5.16 Å². The number of ether oxygens (including phenoxy) is 1. The molecule has 4 aromatic rings. The van der Waals surface area contributed by atoms with Crippen molar-refractivity contribution >= 4 is 40.2 Å². The third kappa shape index (κ3) is 5.44. The smallest absolute Gasteiger partial charge is 0.337 e. The van der Waals surface area contributed by atoms with Crippen LogP contribution in [0.25, 0.3) is 16.6 Å². The zero-order valence-electron chi connectivity index (χ0n) is 19.6. The van der Waals surface area contributed by atoms with Crippen LogP contribution in [0, 0.1) is 0 Å². The number of rotatable bonds is 7. The van der Waals surface area contributed by atoms with Gasteiger partial charge in [0, 0.05) is 5.69 Å². The van der Waals surface area contributed by atoms with Gasteiger partial charge in [-0.3, -0.25) is 14.2 Å².